The number of methoxy groups -OCH3 is 1. The average molecular weight is 401 g/mol. The zero-order valence-corrected chi connectivity index (χ0v) is 16.3. The summed E-state index contributed by atoms with van der Waals surface area (Å²) in [6.45, 7) is 4.81. The van der Waals surface area contributed by atoms with E-state index in [4.69, 9.17) is 9.72 Å². The van der Waals surface area contributed by atoms with Crippen LogP contribution in [0.1, 0.15) is 5.69 Å². The molecule has 3 aromatic heterocycles. The fraction of sp³-hybridized carbons (Fsp3) is 0.412. The number of fused-ring (bicyclic) bond motifs is 1. The molecule has 10 nitrogen and oxygen atoms in total. The van der Waals surface area contributed by atoms with Gasteiger partial charge in [-0.15, -0.1) is 5.10 Å². The highest BCUT2D eigenvalue weighted by Crippen LogP contribution is 2.24. The summed E-state index contributed by atoms with van der Waals surface area (Å²) in [5.41, 5.74) is 2.47. The summed E-state index contributed by atoms with van der Waals surface area (Å²) in [6, 6.07) is 1.85. The van der Waals surface area contributed by atoms with Gasteiger partial charge in [0, 0.05) is 31.0 Å². The number of ether oxygens (including phenoxy) is 2. The largest absolute Gasteiger partial charge is 0.468 e. The number of morpholine rings is 1. The molecule has 11 heteroatoms. The lowest BCUT2D eigenvalue weighted by molar-refractivity contribution is -0.137. The number of hydrogen-bond donors (Lipinski definition) is 0. The van der Waals surface area contributed by atoms with Gasteiger partial charge >= 0.3 is 5.97 Å². The Morgan fingerprint density at radius 3 is 2.89 bits per heavy atom. The van der Waals surface area contributed by atoms with Gasteiger partial charge in [-0.3, -0.25) is 4.79 Å². The lowest BCUT2D eigenvalue weighted by atomic mass is 10.2. The molecule has 146 valence electrons. The van der Waals surface area contributed by atoms with Crippen LogP contribution in [0.5, 0.6) is 0 Å². The third-order valence-corrected chi connectivity index (χ3v) is 5.16. The quantitative estimate of drug-likeness (QED) is 0.454. The van der Waals surface area contributed by atoms with Gasteiger partial charge in [-0.2, -0.15) is 9.50 Å². The van der Waals surface area contributed by atoms with Crippen molar-refractivity contribution in [1.29, 1.82) is 0 Å². The topological polar surface area (TPSA) is 108 Å². The minimum atomic E-state index is -0.328. The second-order valence-corrected chi connectivity index (χ2v) is 7.01. The van der Waals surface area contributed by atoms with Crippen molar-refractivity contribution >= 4 is 29.5 Å². The van der Waals surface area contributed by atoms with Crippen LogP contribution in [0.4, 0.5) is 5.95 Å². The minimum Gasteiger partial charge on any atom is -0.468 e. The summed E-state index contributed by atoms with van der Waals surface area (Å²) in [5, 5.41) is 4.91. The van der Waals surface area contributed by atoms with Crippen LogP contribution in [-0.2, 0) is 14.3 Å². The van der Waals surface area contributed by atoms with Crippen molar-refractivity contribution < 1.29 is 14.3 Å². The Kier molecular flexibility index (Phi) is 5.35. The van der Waals surface area contributed by atoms with Gasteiger partial charge in [0.15, 0.2) is 0 Å². The van der Waals surface area contributed by atoms with Crippen LogP contribution in [0.25, 0.3) is 17.0 Å². The molecule has 1 fully saturated rings. The predicted molar refractivity (Wildman–Crippen MR) is 102 cm³/mol. The van der Waals surface area contributed by atoms with Gasteiger partial charge in [-0.25, -0.2) is 15.0 Å². The summed E-state index contributed by atoms with van der Waals surface area (Å²) in [5.74, 6) is 0.962. The Labute approximate surface area is 165 Å². The van der Waals surface area contributed by atoms with Gasteiger partial charge < -0.3 is 14.4 Å². The summed E-state index contributed by atoms with van der Waals surface area (Å²) in [6.07, 6.45) is 3.48. The maximum atomic E-state index is 11.3. The maximum Gasteiger partial charge on any atom is 0.316 e. The molecule has 1 aliphatic rings. The molecule has 0 unspecified atom stereocenters. The number of carbonyl (C=O) groups is 1. The summed E-state index contributed by atoms with van der Waals surface area (Å²) in [7, 11) is 1.35. The van der Waals surface area contributed by atoms with Crippen LogP contribution in [-0.4, -0.2) is 74.7 Å². The molecule has 3 aromatic rings. The van der Waals surface area contributed by atoms with Crippen LogP contribution in [0.3, 0.4) is 0 Å². The number of thioether (sulfide) groups is 1. The molecule has 0 radical (unpaired) electrons. The molecule has 0 aromatic carbocycles. The van der Waals surface area contributed by atoms with E-state index < -0.39 is 0 Å². The molecule has 0 atom stereocenters. The van der Waals surface area contributed by atoms with Crippen molar-refractivity contribution in [3.8, 4) is 11.3 Å². The Balaban J connectivity index is 1.63. The highest BCUT2D eigenvalue weighted by atomic mass is 32.2. The lowest BCUT2D eigenvalue weighted by Gasteiger charge is -2.26. The first-order chi connectivity index (χ1) is 13.7. The fourth-order valence-electron chi connectivity index (χ4n) is 2.83. The number of hydrogen-bond acceptors (Lipinski definition) is 10. The van der Waals surface area contributed by atoms with Crippen LogP contribution in [0, 0.1) is 6.92 Å². The molecular formula is C17H19N7O3S. The first kappa shape index (κ1) is 18.6. The number of anilines is 1. The SMILES string of the molecule is COC(=O)CSc1nc2ncc(-c3ccnc(N4CCOCC4)n3)c(C)n2n1. The molecule has 0 amide bonds. The van der Waals surface area contributed by atoms with Crippen LogP contribution in [0.15, 0.2) is 23.6 Å². The first-order valence-corrected chi connectivity index (χ1v) is 9.72. The van der Waals surface area contributed by atoms with Gasteiger partial charge in [0.2, 0.25) is 11.1 Å². The molecule has 28 heavy (non-hydrogen) atoms. The molecule has 1 saturated heterocycles. The highest BCUT2D eigenvalue weighted by Gasteiger charge is 2.17. The third kappa shape index (κ3) is 3.76. The second kappa shape index (κ2) is 8.07. The van der Waals surface area contributed by atoms with E-state index >= 15 is 0 Å². The monoisotopic (exact) mass is 401 g/mol. The maximum absolute atomic E-state index is 11.3. The van der Waals surface area contributed by atoms with E-state index in [1.807, 2.05) is 13.0 Å². The van der Waals surface area contributed by atoms with Gasteiger partial charge in [0.1, 0.15) is 0 Å². The number of nitrogens with zero attached hydrogens (tertiary/aromatic N) is 7. The Morgan fingerprint density at radius 2 is 2.11 bits per heavy atom. The van der Waals surface area contributed by atoms with Gasteiger partial charge in [-0.1, -0.05) is 11.8 Å². The number of rotatable bonds is 5. The first-order valence-electron chi connectivity index (χ1n) is 8.74. The van der Waals surface area contributed by atoms with E-state index in [1.165, 1.54) is 18.9 Å². The second-order valence-electron chi connectivity index (χ2n) is 6.07. The molecule has 1 aliphatic heterocycles. The van der Waals surface area contributed by atoms with E-state index in [0.717, 1.165) is 30.0 Å². The van der Waals surface area contributed by atoms with E-state index in [2.05, 4.69) is 29.7 Å². The molecule has 0 aliphatic carbocycles. The van der Waals surface area contributed by atoms with E-state index in [1.54, 1.807) is 16.9 Å². The predicted octanol–water partition coefficient (Wildman–Crippen LogP) is 0.991. The summed E-state index contributed by atoms with van der Waals surface area (Å²) in [4.78, 5) is 31.3. The van der Waals surface area contributed by atoms with Gasteiger partial charge in [0.25, 0.3) is 5.78 Å². The molecule has 0 bridgehead atoms. The average Bonchev–Trinajstić information content (AvgIpc) is 3.17. The van der Waals surface area contributed by atoms with Gasteiger partial charge in [0.05, 0.1) is 37.5 Å². The van der Waals surface area contributed by atoms with Crippen LogP contribution in [0.2, 0.25) is 0 Å². The summed E-state index contributed by atoms with van der Waals surface area (Å²) < 4.78 is 11.7. The van der Waals surface area contributed by atoms with Gasteiger partial charge in [-0.05, 0) is 13.0 Å². The van der Waals surface area contributed by atoms with E-state index in [9.17, 15) is 4.79 Å². The smallest absolute Gasteiger partial charge is 0.316 e. The number of aromatic nitrogens is 6. The fourth-order valence-corrected chi connectivity index (χ4v) is 3.48. The minimum absolute atomic E-state index is 0.147. The molecule has 4 heterocycles. The van der Waals surface area contributed by atoms with Crippen LogP contribution < -0.4 is 4.90 Å². The Bertz CT molecular complexity index is 1000. The number of esters is 1. The van der Waals surface area contributed by atoms with Crippen molar-refractivity contribution in [3.05, 3.63) is 24.2 Å². The molecular weight excluding hydrogens is 382 g/mol. The zero-order valence-electron chi connectivity index (χ0n) is 15.5. The Morgan fingerprint density at radius 1 is 1.29 bits per heavy atom. The molecule has 4 rings (SSSR count). The number of carbonyl (C=O) groups excluding carboxylic acids is 1. The van der Waals surface area contributed by atoms with E-state index in [-0.39, 0.29) is 11.7 Å². The normalized spacial score (nSPS) is 14.4. The van der Waals surface area contributed by atoms with Crippen LogP contribution >= 0.6 is 11.8 Å². The summed E-state index contributed by atoms with van der Waals surface area (Å²) >= 11 is 1.21. The van der Waals surface area contributed by atoms with Crippen molar-refractivity contribution in [1.82, 2.24) is 29.5 Å². The highest BCUT2D eigenvalue weighted by molar-refractivity contribution is 7.99. The molecule has 0 saturated carbocycles. The van der Waals surface area contributed by atoms with E-state index in [0.29, 0.717) is 30.1 Å². The molecule has 0 spiro atoms. The Hall–Kier alpha value is -2.79. The molecule has 0 N–H and O–H groups in total. The third-order valence-electron chi connectivity index (χ3n) is 4.35. The lowest BCUT2D eigenvalue weighted by Crippen LogP contribution is -2.37. The van der Waals surface area contributed by atoms with Crippen molar-refractivity contribution in [3.63, 3.8) is 0 Å². The van der Waals surface area contributed by atoms with Crippen molar-refractivity contribution in [2.24, 2.45) is 0 Å². The zero-order chi connectivity index (χ0) is 19.5. The number of aryl methyl sites for hydroxylation is 1. The van der Waals surface area contributed by atoms with Crippen molar-refractivity contribution in [2.45, 2.75) is 12.1 Å². The standard InChI is InChI=1S/C17H19N7O3S/c1-11-12(13-3-4-18-15(20-13)23-5-7-27-8-6-23)9-19-16-21-17(22-24(11)16)28-10-14(25)26-2/h3-4,9H,5-8,10H2,1-2H3. The van der Waals surface area contributed by atoms with Crippen molar-refractivity contribution in [2.75, 3.05) is 44.1 Å².